The monoisotopic (exact) mass is 314 g/mol. The summed E-state index contributed by atoms with van der Waals surface area (Å²) in [5, 5.41) is 0.432. The Hall–Kier alpha value is -2.35. The van der Waals surface area contributed by atoms with Gasteiger partial charge in [-0.1, -0.05) is 11.6 Å². The normalized spacial score (nSPS) is 12.2. The molecule has 0 fully saturated rings. The number of halogens is 4. The maximum atomic E-state index is 12.8. The highest BCUT2D eigenvalue weighted by Gasteiger charge is 2.35. The van der Waals surface area contributed by atoms with Crippen LogP contribution in [0.3, 0.4) is 0 Å². The predicted octanol–water partition coefficient (Wildman–Crippen LogP) is 2.65. The van der Waals surface area contributed by atoms with Gasteiger partial charge in [0, 0.05) is 17.8 Å². The minimum absolute atomic E-state index is 0.000329. The van der Waals surface area contributed by atoms with E-state index in [0.717, 1.165) is 10.6 Å². The highest BCUT2D eigenvalue weighted by atomic mass is 35.5. The van der Waals surface area contributed by atoms with E-state index in [0.29, 0.717) is 5.39 Å². The lowest BCUT2D eigenvalue weighted by atomic mass is 10.2. The quantitative estimate of drug-likeness (QED) is 0.702. The number of carbonyl (C=O) groups excluding carboxylic acids is 1. The Morgan fingerprint density at radius 2 is 2.10 bits per heavy atom. The van der Waals surface area contributed by atoms with Crippen molar-refractivity contribution in [3.05, 3.63) is 40.9 Å². The molecule has 5 nitrogen and oxygen atoms in total. The summed E-state index contributed by atoms with van der Waals surface area (Å²) in [4.78, 5) is 18.7. The van der Waals surface area contributed by atoms with E-state index in [2.05, 4.69) is 9.97 Å². The summed E-state index contributed by atoms with van der Waals surface area (Å²) in [6.45, 7) is 0. The highest BCUT2D eigenvalue weighted by molar-refractivity contribution is 6.34. The number of pyridine rings is 2. The first-order chi connectivity index (χ1) is 9.79. The molecule has 0 saturated carbocycles. The van der Waals surface area contributed by atoms with Gasteiger partial charge in [0.25, 0.3) is 5.91 Å². The lowest BCUT2D eigenvalue weighted by Gasteiger charge is -2.06. The zero-order valence-electron chi connectivity index (χ0n) is 10.1. The number of nitrogens with zero attached hydrogens (tertiary/aromatic N) is 3. The number of imidazole rings is 1. The largest absolute Gasteiger partial charge is 0.434 e. The second-order valence-corrected chi connectivity index (χ2v) is 4.64. The first-order valence-electron chi connectivity index (χ1n) is 5.62. The Balaban J connectivity index is 2.53. The third-order valence-corrected chi connectivity index (χ3v) is 3.23. The van der Waals surface area contributed by atoms with E-state index in [-0.39, 0.29) is 21.9 Å². The molecule has 0 bridgehead atoms. The summed E-state index contributed by atoms with van der Waals surface area (Å²) in [7, 11) is 0. The fraction of sp³-hybridized carbons (Fsp3) is 0.0833. The second-order valence-electron chi connectivity index (χ2n) is 4.28. The van der Waals surface area contributed by atoms with Crippen molar-refractivity contribution in [2.45, 2.75) is 6.18 Å². The van der Waals surface area contributed by atoms with Crippen LogP contribution in [0.25, 0.3) is 16.6 Å². The van der Waals surface area contributed by atoms with Gasteiger partial charge in [-0.3, -0.25) is 9.20 Å². The number of amides is 1. The first kappa shape index (κ1) is 13.6. The number of primary amides is 1. The molecular weight excluding hydrogens is 309 g/mol. The van der Waals surface area contributed by atoms with Gasteiger partial charge in [-0.25, -0.2) is 9.97 Å². The molecule has 0 unspecified atom stereocenters. The summed E-state index contributed by atoms with van der Waals surface area (Å²) < 4.78 is 39.5. The molecule has 0 radical (unpaired) electrons. The van der Waals surface area contributed by atoms with Gasteiger partial charge in [0.2, 0.25) is 0 Å². The highest BCUT2D eigenvalue weighted by Crippen LogP contribution is 2.32. The molecule has 0 aromatic carbocycles. The number of rotatable bonds is 1. The van der Waals surface area contributed by atoms with Crippen LogP contribution in [0.15, 0.2) is 24.5 Å². The Bertz CT molecular complexity index is 887. The van der Waals surface area contributed by atoms with E-state index < -0.39 is 17.8 Å². The summed E-state index contributed by atoms with van der Waals surface area (Å²) in [5.41, 5.74) is 3.95. The molecule has 0 aliphatic carbocycles. The molecule has 0 saturated heterocycles. The average Bonchev–Trinajstić information content (AvgIpc) is 2.82. The molecular formula is C12H6ClF3N4O. The molecule has 3 aromatic rings. The lowest BCUT2D eigenvalue weighted by Crippen LogP contribution is -2.13. The van der Waals surface area contributed by atoms with Gasteiger partial charge in [-0.05, 0) is 12.1 Å². The van der Waals surface area contributed by atoms with Crippen molar-refractivity contribution in [1.29, 1.82) is 0 Å². The summed E-state index contributed by atoms with van der Waals surface area (Å²) in [5.74, 6) is -0.880. The molecule has 3 heterocycles. The van der Waals surface area contributed by atoms with Crippen molar-refractivity contribution in [3.8, 4) is 0 Å². The number of hydrogen-bond acceptors (Lipinski definition) is 3. The Labute approximate surface area is 120 Å². The SMILES string of the molecule is NC(=O)c1cc2ccnc(Cl)c2n2cc(C(F)(F)F)nc12. The van der Waals surface area contributed by atoms with Crippen LogP contribution in [0.4, 0.5) is 13.2 Å². The van der Waals surface area contributed by atoms with E-state index in [1.165, 1.54) is 18.3 Å². The molecule has 0 aliphatic rings. The summed E-state index contributed by atoms with van der Waals surface area (Å²) >= 11 is 5.93. The van der Waals surface area contributed by atoms with Crippen LogP contribution in [-0.4, -0.2) is 20.3 Å². The molecule has 0 spiro atoms. The molecule has 3 rings (SSSR count). The lowest BCUT2D eigenvalue weighted by molar-refractivity contribution is -0.140. The Kier molecular flexibility index (Phi) is 2.80. The third kappa shape index (κ3) is 2.07. The smallest absolute Gasteiger partial charge is 0.365 e. The second kappa shape index (κ2) is 4.32. The van der Waals surface area contributed by atoms with Crippen molar-refractivity contribution in [1.82, 2.24) is 14.4 Å². The van der Waals surface area contributed by atoms with Crippen LogP contribution in [0.2, 0.25) is 5.15 Å². The van der Waals surface area contributed by atoms with Gasteiger partial charge in [-0.15, -0.1) is 0 Å². The van der Waals surface area contributed by atoms with Crippen molar-refractivity contribution in [2.24, 2.45) is 5.73 Å². The molecule has 1 amide bonds. The molecule has 3 aromatic heterocycles. The minimum Gasteiger partial charge on any atom is -0.365 e. The van der Waals surface area contributed by atoms with Gasteiger partial charge in [0.05, 0.1) is 11.1 Å². The van der Waals surface area contributed by atoms with Crippen molar-refractivity contribution < 1.29 is 18.0 Å². The molecule has 0 atom stereocenters. The van der Waals surface area contributed by atoms with Crippen LogP contribution in [0.1, 0.15) is 16.1 Å². The first-order valence-corrected chi connectivity index (χ1v) is 6.00. The van der Waals surface area contributed by atoms with E-state index in [9.17, 15) is 18.0 Å². The number of hydrogen-bond donors (Lipinski definition) is 1. The molecule has 2 N–H and O–H groups in total. The maximum absolute atomic E-state index is 12.8. The third-order valence-electron chi connectivity index (χ3n) is 2.95. The number of aromatic nitrogens is 3. The van der Waals surface area contributed by atoms with Crippen LogP contribution < -0.4 is 5.73 Å². The topological polar surface area (TPSA) is 73.3 Å². The van der Waals surface area contributed by atoms with Gasteiger partial charge >= 0.3 is 6.18 Å². The van der Waals surface area contributed by atoms with Gasteiger partial charge in [-0.2, -0.15) is 13.2 Å². The van der Waals surface area contributed by atoms with E-state index in [1.54, 1.807) is 0 Å². The fourth-order valence-corrected chi connectivity index (χ4v) is 2.33. The minimum atomic E-state index is -4.65. The summed E-state index contributed by atoms with van der Waals surface area (Å²) in [6.07, 6.45) is -2.51. The number of alkyl halides is 3. The zero-order valence-corrected chi connectivity index (χ0v) is 10.9. The molecule has 0 aliphatic heterocycles. The standard InChI is InChI=1S/C12H6ClF3N4O/c13-9-8-5(1-2-18-9)3-6(10(17)21)11-19-7(4-20(8)11)12(14,15)16/h1-4H,(H2,17,21). The van der Waals surface area contributed by atoms with Crippen molar-refractivity contribution >= 4 is 34.1 Å². The van der Waals surface area contributed by atoms with Crippen LogP contribution in [0, 0.1) is 0 Å². The van der Waals surface area contributed by atoms with Crippen LogP contribution in [0.5, 0.6) is 0 Å². The van der Waals surface area contributed by atoms with Crippen molar-refractivity contribution in [2.75, 3.05) is 0 Å². The van der Waals surface area contributed by atoms with Gasteiger partial charge in [0.15, 0.2) is 16.5 Å². The predicted molar refractivity (Wildman–Crippen MR) is 69.0 cm³/mol. The van der Waals surface area contributed by atoms with Crippen LogP contribution >= 0.6 is 11.6 Å². The number of carbonyl (C=O) groups is 1. The zero-order chi connectivity index (χ0) is 15.4. The van der Waals surface area contributed by atoms with Crippen LogP contribution in [-0.2, 0) is 6.18 Å². The maximum Gasteiger partial charge on any atom is 0.434 e. The van der Waals surface area contributed by atoms with E-state index in [4.69, 9.17) is 17.3 Å². The summed E-state index contributed by atoms with van der Waals surface area (Å²) in [6, 6.07) is 2.86. The van der Waals surface area contributed by atoms with E-state index >= 15 is 0 Å². The van der Waals surface area contributed by atoms with Gasteiger partial charge in [0.1, 0.15) is 0 Å². The number of nitrogens with two attached hydrogens (primary N) is 1. The van der Waals surface area contributed by atoms with E-state index in [1.807, 2.05) is 0 Å². The number of fused-ring (bicyclic) bond motifs is 3. The van der Waals surface area contributed by atoms with Crippen molar-refractivity contribution in [3.63, 3.8) is 0 Å². The Morgan fingerprint density at radius 3 is 2.71 bits per heavy atom. The van der Waals surface area contributed by atoms with Gasteiger partial charge < -0.3 is 5.73 Å². The molecule has 108 valence electrons. The fourth-order valence-electron chi connectivity index (χ4n) is 2.08. The molecule has 9 heteroatoms. The Morgan fingerprint density at radius 1 is 1.38 bits per heavy atom. The molecule has 21 heavy (non-hydrogen) atoms. The average molecular weight is 315 g/mol.